The van der Waals surface area contributed by atoms with Gasteiger partial charge in [-0.3, -0.25) is 9.78 Å². The van der Waals surface area contributed by atoms with Crippen molar-refractivity contribution in [3.63, 3.8) is 0 Å². The highest BCUT2D eigenvalue weighted by Gasteiger charge is 2.32. The first kappa shape index (κ1) is 26.6. The molecule has 3 rings (SSSR count). The Balaban J connectivity index is 1.84. The van der Waals surface area contributed by atoms with Crippen molar-refractivity contribution in [3.8, 4) is 23.0 Å². The number of hydrogen-bond donors (Lipinski definition) is 1. The standard InChI is InChI=1S/C21H16F7N5O3/c1-10(33-19(34)11-4-12(21(26,27)28)6-13(5-11)36-20(24)25)16-17(30-3-2-29-16)18-31-7-14(8-32-18)35-9-15(22)23/h2-8,10,15,20H,9H2,1H3,(H,33,34). The van der Waals surface area contributed by atoms with Crippen LogP contribution >= 0.6 is 0 Å². The van der Waals surface area contributed by atoms with Gasteiger partial charge in [0, 0.05) is 18.0 Å². The predicted molar refractivity (Wildman–Crippen MR) is 109 cm³/mol. The van der Waals surface area contributed by atoms with E-state index < -0.39 is 54.6 Å². The Morgan fingerprint density at radius 1 is 0.972 bits per heavy atom. The number of halogens is 7. The molecule has 0 fully saturated rings. The molecule has 0 saturated heterocycles. The average Bonchev–Trinajstić information content (AvgIpc) is 2.82. The molecule has 1 atom stereocenters. The maximum atomic E-state index is 13.2. The molecule has 8 nitrogen and oxygen atoms in total. The first-order valence-electron chi connectivity index (χ1n) is 9.96. The van der Waals surface area contributed by atoms with Gasteiger partial charge in [-0.2, -0.15) is 22.0 Å². The summed E-state index contributed by atoms with van der Waals surface area (Å²) in [7, 11) is 0. The van der Waals surface area contributed by atoms with Crippen molar-refractivity contribution >= 4 is 5.91 Å². The lowest BCUT2D eigenvalue weighted by atomic mass is 10.1. The Labute approximate surface area is 198 Å². The molecule has 192 valence electrons. The third-order valence-corrected chi connectivity index (χ3v) is 4.42. The highest BCUT2D eigenvalue weighted by molar-refractivity contribution is 5.95. The molecule has 1 unspecified atom stereocenters. The molecule has 0 saturated carbocycles. The van der Waals surface area contributed by atoms with Crippen molar-refractivity contribution < 1.29 is 45.0 Å². The second kappa shape index (κ2) is 11.1. The lowest BCUT2D eigenvalue weighted by molar-refractivity contribution is -0.138. The molecule has 0 radical (unpaired) electrons. The minimum Gasteiger partial charge on any atom is -0.484 e. The van der Waals surface area contributed by atoms with Gasteiger partial charge in [-0.25, -0.2) is 23.7 Å². The first-order valence-corrected chi connectivity index (χ1v) is 9.96. The van der Waals surface area contributed by atoms with Gasteiger partial charge in [-0.05, 0) is 25.1 Å². The molecule has 3 aromatic rings. The smallest absolute Gasteiger partial charge is 0.416 e. The van der Waals surface area contributed by atoms with Crippen LogP contribution < -0.4 is 14.8 Å². The molecule has 0 aliphatic rings. The minimum atomic E-state index is -4.93. The largest absolute Gasteiger partial charge is 0.484 e. The molecule has 0 spiro atoms. The maximum absolute atomic E-state index is 13.2. The summed E-state index contributed by atoms with van der Waals surface area (Å²) in [6, 6.07) is 0.606. The number of rotatable bonds is 9. The average molecular weight is 519 g/mol. The third-order valence-electron chi connectivity index (χ3n) is 4.42. The van der Waals surface area contributed by atoms with Crippen molar-refractivity contribution in [2.75, 3.05) is 6.61 Å². The van der Waals surface area contributed by atoms with E-state index in [-0.39, 0.29) is 23.0 Å². The Morgan fingerprint density at radius 2 is 1.64 bits per heavy atom. The number of carbonyl (C=O) groups excluding carboxylic acids is 1. The Morgan fingerprint density at radius 3 is 2.25 bits per heavy atom. The van der Waals surface area contributed by atoms with Crippen LogP contribution in [0.15, 0.2) is 43.0 Å². The van der Waals surface area contributed by atoms with E-state index in [9.17, 15) is 35.5 Å². The summed E-state index contributed by atoms with van der Waals surface area (Å²) in [5, 5.41) is 2.41. The van der Waals surface area contributed by atoms with Gasteiger partial charge in [-0.1, -0.05) is 0 Å². The summed E-state index contributed by atoms with van der Waals surface area (Å²) in [5.41, 5.74) is -1.75. The molecule has 1 amide bonds. The van der Waals surface area contributed by atoms with Crippen LogP contribution in [0.25, 0.3) is 11.5 Å². The van der Waals surface area contributed by atoms with Crippen LogP contribution in [0.2, 0.25) is 0 Å². The summed E-state index contributed by atoms with van der Waals surface area (Å²) in [5.74, 6) is -1.92. The number of nitrogens with zero attached hydrogens (tertiary/aromatic N) is 4. The van der Waals surface area contributed by atoms with Gasteiger partial charge in [-0.15, -0.1) is 0 Å². The summed E-state index contributed by atoms with van der Waals surface area (Å²) >= 11 is 0. The molecule has 36 heavy (non-hydrogen) atoms. The van der Waals surface area contributed by atoms with Crippen LogP contribution in [0.5, 0.6) is 11.5 Å². The Kier molecular flexibility index (Phi) is 8.22. The lowest BCUT2D eigenvalue weighted by Gasteiger charge is -2.17. The fourth-order valence-corrected chi connectivity index (χ4v) is 2.92. The SMILES string of the molecule is CC(NC(=O)c1cc(OC(F)F)cc(C(F)(F)F)c1)c1nccnc1-c1ncc(OCC(F)F)cn1. The molecule has 1 N–H and O–H groups in total. The molecule has 0 aliphatic heterocycles. The summed E-state index contributed by atoms with van der Waals surface area (Å²) in [4.78, 5) is 28.8. The van der Waals surface area contributed by atoms with Crippen LogP contribution in [0.4, 0.5) is 30.7 Å². The van der Waals surface area contributed by atoms with Crippen LogP contribution in [0.3, 0.4) is 0 Å². The molecular formula is C21H16F7N5O3. The molecule has 0 aliphatic carbocycles. The highest BCUT2D eigenvalue weighted by Crippen LogP contribution is 2.33. The van der Waals surface area contributed by atoms with Crippen LogP contribution in [-0.2, 0) is 6.18 Å². The molecule has 1 aromatic carbocycles. The maximum Gasteiger partial charge on any atom is 0.416 e. The number of alkyl halides is 7. The summed E-state index contributed by atoms with van der Waals surface area (Å²) in [6.45, 7) is -2.82. The van der Waals surface area contributed by atoms with E-state index in [0.29, 0.717) is 12.1 Å². The van der Waals surface area contributed by atoms with Gasteiger partial charge in [0.25, 0.3) is 12.3 Å². The van der Waals surface area contributed by atoms with E-state index in [1.54, 1.807) is 0 Å². The quantitative estimate of drug-likeness (QED) is 0.410. The molecule has 15 heteroatoms. The number of amides is 1. The van der Waals surface area contributed by atoms with E-state index in [4.69, 9.17) is 4.74 Å². The number of aromatic nitrogens is 4. The summed E-state index contributed by atoms with van der Waals surface area (Å²) in [6.07, 6.45) is -2.81. The Bertz CT molecular complexity index is 1190. The van der Waals surface area contributed by atoms with E-state index >= 15 is 0 Å². The van der Waals surface area contributed by atoms with Crippen molar-refractivity contribution in [2.24, 2.45) is 0 Å². The molecule has 2 aromatic heterocycles. The van der Waals surface area contributed by atoms with Crippen LogP contribution in [0.1, 0.15) is 34.6 Å². The van der Waals surface area contributed by atoms with Crippen molar-refractivity contribution in [1.29, 1.82) is 0 Å². The first-order chi connectivity index (χ1) is 16.9. The summed E-state index contributed by atoms with van der Waals surface area (Å²) < 4.78 is 98.0. The van der Waals surface area contributed by atoms with Gasteiger partial charge in [0.15, 0.2) is 11.6 Å². The zero-order chi connectivity index (χ0) is 26.5. The molecular weight excluding hydrogens is 503 g/mol. The number of benzene rings is 1. The van der Waals surface area contributed by atoms with Gasteiger partial charge in [0.1, 0.15) is 18.1 Å². The number of nitrogens with one attached hydrogen (secondary N) is 1. The van der Waals surface area contributed by atoms with Crippen LogP contribution in [0, 0.1) is 0 Å². The monoisotopic (exact) mass is 519 g/mol. The number of carbonyl (C=O) groups is 1. The van der Waals surface area contributed by atoms with E-state index in [1.165, 1.54) is 19.3 Å². The zero-order valence-electron chi connectivity index (χ0n) is 18.1. The molecule has 0 bridgehead atoms. The van der Waals surface area contributed by atoms with Crippen molar-refractivity contribution in [3.05, 3.63) is 59.8 Å². The molecule has 2 heterocycles. The van der Waals surface area contributed by atoms with Gasteiger partial charge in [0.05, 0.1) is 29.7 Å². The normalized spacial score (nSPS) is 12.5. The fourth-order valence-electron chi connectivity index (χ4n) is 2.92. The van der Waals surface area contributed by atoms with E-state index in [0.717, 1.165) is 18.5 Å². The Hall–Kier alpha value is -4.04. The second-order valence-electron chi connectivity index (χ2n) is 7.05. The zero-order valence-corrected chi connectivity index (χ0v) is 18.1. The van der Waals surface area contributed by atoms with Crippen molar-refractivity contribution in [1.82, 2.24) is 25.3 Å². The predicted octanol–water partition coefficient (Wildman–Crippen LogP) is 4.69. The highest BCUT2D eigenvalue weighted by atomic mass is 19.4. The minimum absolute atomic E-state index is 0.00437. The second-order valence-corrected chi connectivity index (χ2v) is 7.05. The van der Waals surface area contributed by atoms with E-state index in [2.05, 4.69) is 30.0 Å². The number of hydrogen-bond acceptors (Lipinski definition) is 7. The lowest BCUT2D eigenvalue weighted by Crippen LogP contribution is -2.28. The van der Waals surface area contributed by atoms with Gasteiger partial charge < -0.3 is 14.8 Å². The van der Waals surface area contributed by atoms with Gasteiger partial charge >= 0.3 is 12.8 Å². The fraction of sp³-hybridized carbons (Fsp3) is 0.286. The van der Waals surface area contributed by atoms with E-state index in [1.807, 2.05) is 0 Å². The number of ether oxygens (including phenoxy) is 2. The third kappa shape index (κ3) is 6.99. The van der Waals surface area contributed by atoms with Gasteiger partial charge in [0.2, 0.25) is 0 Å². The van der Waals surface area contributed by atoms with Crippen LogP contribution in [-0.4, -0.2) is 45.5 Å². The van der Waals surface area contributed by atoms with Crippen molar-refractivity contribution in [2.45, 2.75) is 32.2 Å². The topological polar surface area (TPSA) is 99.1 Å².